The minimum atomic E-state index is -4.06. The van der Waals surface area contributed by atoms with Crippen LogP contribution in [-0.4, -0.2) is 43.1 Å². The highest BCUT2D eigenvalue weighted by Crippen LogP contribution is 2.33. The summed E-state index contributed by atoms with van der Waals surface area (Å²) in [5.41, 5.74) is 1.32. The van der Waals surface area contributed by atoms with Gasteiger partial charge < -0.3 is 4.74 Å². The van der Waals surface area contributed by atoms with Crippen molar-refractivity contribution in [1.82, 2.24) is 20.1 Å². The summed E-state index contributed by atoms with van der Waals surface area (Å²) < 4.78 is 35.4. The van der Waals surface area contributed by atoms with Crippen molar-refractivity contribution in [3.63, 3.8) is 0 Å². The maximum Gasteiger partial charge on any atom is 0.414 e. The van der Waals surface area contributed by atoms with E-state index in [1.54, 1.807) is 26.0 Å². The fraction of sp³-hybridized carbons (Fsp3) is 0.375. The number of carbonyl (C=O) groups is 1. The van der Waals surface area contributed by atoms with Gasteiger partial charge in [0.15, 0.2) is 0 Å². The highest BCUT2D eigenvalue weighted by molar-refractivity contribution is 7.89. The molecule has 1 heterocycles. The summed E-state index contributed by atoms with van der Waals surface area (Å²) in [5.74, 6) is 0. The van der Waals surface area contributed by atoms with E-state index < -0.39 is 21.7 Å². The van der Waals surface area contributed by atoms with Gasteiger partial charge in [0.2, 0.25) is 10.0 Å². The number of amides is 1. The van der Waals surface area contributed by atoms with Crippen LogP contribution in [-0.2, 0) is 20.3 Å². The first kappa shape index (κ1) is 23.9. The third-order valence-corrected chi connectivity index (χ3v) is 7.71. The predicted molar refractivity (Wildman–Crippen MR) is 129 cm³/mol. The number of H-pyrrole nitrogens is 1. The number of nitrogens with one attached hydrogen (secondary N) is 2. The lowest BCUT2D eigenvalue weighted by molar-refractivity contribution is 0.109. The van der Waals surface area contributed by atoms with E-state index in [2.05, 4.69) is 20.1 Å². The van der Waals surface area contributed by atoms with Gasteiger partial charge in [-0.3, -0.25) is 4.90 Å². The van der Waals surface area contributed by atoms with E-state index in [1.165, 1.54) is 24.2 Å². The summed E-state index contributed by atoms with van der Waals surface area (Å²) >= 11 is 0. The van der Waals surface area contributed by atoms with E-state index in [-0.39, 0.29) is 16.7 Å². The van der Waals surface area contributed by atoms with Crippen LogP contribution in [0.25, 0.3) is 11.1 Å². The molecule has 2 N–H and O–H groups in total. The number of nitrogens with zero attached hydrogens (tertiary/aromatic N) is 3. The van der Waals surface area contributed by atoms with Crippen molar-refractivity contribution in [2.75, 3.05) is 11.9 Å². The van der Waals surface area contributed by atoms with Crippen LogP contribution in [0, 0.1) is 0 Å². The van der Waals surface area contributed by atoms with Gasteiger partial charge >= 0.3 is 6.09 Å². The van der Waals surface area contributed by atoms with Gasteiger partial charge in [-0.1, -0.05) is 36.4 Å². The Bertz CT molecular complexity index is 1240. The van der Waals surface area contributed by atoms with Gasteiger partial charge in [0.05, 0.1) is 17.4 Å². The Morgan fingerprint density at radius 2 is 1.82 bits per heavy atom. The molecule has 10 heteroatoms. The minimum absolute atomic E-state index is 0.0328. The molecule has 1 aromatic heterocycles. The molecule has 1 aliphatic carbocycles. The second-order valence-electron chi connectivity index (χ2n) is 8.98. The maximum absolute atomic E-state index is 13.5. The van der Waals surface area contributed by atoms with E-state index in [0.717, 1.165) is 36.8 Å². The fourth-order valence-electron chi connectivity index (χ4n) is 4.09. The van der Waals surface area contributed by atoms with Crippen LogP contribution in [0.4, 0.5) is 10.5 Å². The zero-order valence-electron chi connectivity index (χ0n) is 19.5. The topological polar surface area (TPSA) is 117 Å². The molecule has 9 nitrogen and oxygen atoms in total. The lowest BCUT2D eigenvalue weighted by atomic mass is 10.0. The summed E-state index contributed by atoms with van der Waals surface area (Å²) in [6, 6.07) is 14.5. The normalized spacial score (nSPS) is 14.8. The van der Waals surface area contributed by atoms with Crippen molar-refractivity contribution in [2.24, 2.45) is 0 Å². The molecule has 1 amide bonds. The van der Waals surface area contributed by atoms with E-state index >= 15 is 0 Å². The third-order valence-electron chi connectivity index (χ3n) is 6.01. The molecule has 1 aliphatic rings. The minimum Gasteiger partial charge on any atom is -0.446 e. The van der Waals surface area contributed by atoms with Crippen LogP contribution in [0.5, 0.6) is 0 Å². The molecule has 1 fully saturated rings. The number of aromatic nitrogens is 3. The molecule has 0 saturated heterocycles. The number of carbonyl (C=O) groups excluding carboxylic acids is 1. The number of anilines is 1. The summed E-state index contributed by atoms with van der Waals surface area (Å²) in [6.45, 7) is 3.39. The Morgan fingerprint density at radius 1 is 1.12 bits per heavy atom. The van der Waals surface area contributed by atoms with E-state index in [4.69, 9.17) is 4.74 Å². The van der Waals surface area contributed by atoms with Gasteiger partial charge in [0.25, 0.3) is 0 Å². The zero-order valence-corrected chi connectivity index (χ0v) is 20.3. The van der Waals surface area contributed by atoms with Gasteiger partial charge in [-0.15, -0.1) is 0 Å². The van der Waals surface area contributed by atoms with Gasteiger partial charge in [-0.25, -0.2) is 13.2 Å². The number of sulfonamides is 1. The van der Waals surface area contributed by atoms with Gasteiger partial charge in [-0.2, -0.15) is 20.1 Å². The molecular formula is C24H29N5O4S. The largest absolute Gasteiger partial charge is 0.446 e. The second kappa shape index (κ2) is 9.55. The molecule has 0 spiro atoms. The molecule has 0 aliphatic heterocycles. The molecule has 0 unspecified atom stereocenters. The predicted octanol–water partition coefficient (Wildman–Crippen LogP) is 4.20. The molecule has 0 atom stereocenters. The molecule has 34 heavy (non-hydrogen) atoms. The molecule has 3 aromatic rings. The van der Waals surface area contributed by atoms with Crippen LogP contribution in [0.2, 0.25) is 0 Å². The maximum atomic E-state index is 13.5. The van der Waals surface area contributed by atoms with Crippen LogP contribution < -0.4 is 9.62 Å². The standard InChI is InChI=1S/C24H29N5O4S/c1-24(2,22-16-25-28-26-22)27-34(31,32)21-14-13-18(17-9-5-4-6-10-17)15-20(21)29(3)23(30)33-19-11-7-8-12-19/h4-6,9-10,13-16,19,27H,7-8,11-12H2,1-3H3,(H,25,26,28). The van der Waals surface area contributed by atoms with Crippen molar-refractivity contribution in [3.05, 3.63) is 60.4 Å². The Morgan fingerprint density at radius 3 is 2.47 bits per heavy atom. The lowest BCUT2D eigenvalue weighted by Gasteiger charge is -2.26. The zero-order chi connectivity index (χ0) is 24.3. The number of aromatic amines is 1. The van der Waals surface area contributed by atoms with Crippen molar-refractivity contribution < 1.29 is 17.9 Å². The summed E-state index contributed by atoms with van der Waals surface area (Å²) in [4.78, 5) is 14.2. The number of ether oxygens (including phenoxy) is 1. The molecule has 4 rings (SSSR count). The van der Waals surface area contributed by atoms with Crippen LogP contribution in [0.15, 0.2) is 59.6 Å². The van der Waals surface area contributed by atoms with E-state index in [0.29, 0.717) is 5.69 Å². The molecule has 180 valence electrons. The summed E-state index contributed by atoms with van der Waals surface area (Å²) in [6.07, 6.45) is 4.43. The summed E-state index contributed by atoms with van der Waals surface area (Å²) in [5, 5.41) is 10.3. The average molecular weight is 484 g/mol. The van der Waals surface area contributed by atoms with Crippen molar-refractivity contribution in [3.8, 4) is 11.1 Å². The molecular weight excluding hydrogens is 454 g/mol. The highest BCUT2D eigenvalue weighted by atomic mass is 32.2. The van der Waals surface area contributed by atoms with Crippen molar-refractivity contribution in [2.45, 2.75) is 56.1 Å². The number of rotatable bonds is 7. The number of benzene rings is 2. The quantitative estimate of drug-likeness (QED) is 0.520. The van der Waals surface area contributed by atoms with Crippen molar-refractivity contribution in [1.29, 1.82) is 0 Å². The van der Waals surface area contributed by atoms with Gasteiger partial charge in [0, 0.05) is 7.05 Å². The highest BCUT2D eigenvalue weighted by Gasteiger charge is 2.33. The number of hydrogen-bond donors (Lipinski definition) is 2. The Balaban J connectivity index is 1.72. The van der Waals surface area contributed by atoms with Crippen molar-refractivity contribution >= 4 is 21.8 Å². The van der Waals surface area contributed by atoms with E-state index in [1.807, 2.05) is 30.3 Å². The van der Waals surface area contributed by atoms with Crippen LogP contribution >= 0.6 is 0 Å². The summed E-state index contributed by atoms with van der Waals surface area (Å²) in [7, 11) is -2.53. The monoisotopic (exact) mass is 483 g/mol. The van der Waals surface area contributed by atoms with Gasteiger partial charge in [0.1, 0.15) is 16.7 Å². The smallest absolute Gasteiger partial charge is 0.414 e. The second-order valence-corrected chi connectivity index (χ2v) is 10.6. The number of hydrogen-bond acceptors (Lipinski definition) is 6. The van der Waals surface area contributed by atoms with Gasteiger partial charge in [-0.05, 0) is 62.8 Å². The molecule has 0 radical (unpaired) electrons. The van der Waals surface area contributed by atoms with E-state index in [9.17, 15) is 13.2 Å². The molecule has 0 bridgehead atoms. The fourth-order valence-corrected chi connectivity index (χ4v) is 5.69. The molecule has 1 saturated carbocycles. The lowest BCUT2D eigenvalue weighted by Crippen LogP contribution is -2.42. The Kier molecular flexibility index (Phi) is 6.72. The van der Waals surface area contributed by atoms with Crippen LogP contribution in [0.1, 0.15) is 45.2 Å². The SMILES string of the molecule is CN(C(=O)OC1CCCC1)c1cc(-c2ccccc2)ccc1S(=O)(=O)NC(C)(C)c1cn[nH]n1. The Labute approximate surface area is 199 Å². The Hall–Kier alpha value is -3.24. The molecule has 2 aromatic carbocycles. The first-order valence-electron chi connectivity index (χ1n) is 11.2. The van der Waals surface area contributed by atoms with Crippen LogP contribution in [0.3, 0.4) is 0 Å². The third kappa shape index (κ3) is 5.13. The first-order valence-corrected chi connectivity index (χ1v) is 12.7. The first-order chi connectivity index (χ1) is 16.2. The average Bonchev–Trinajstić information content (AvgIpc) is 3.53.